The second-order valence-corrected chi connectivity index (χ2v) is 4.07. The first-order valence-corrected chi connectivity index (χ1v) is 4.23. The van der Waals surface area contributed by atoms with Gasteiger partial charge in [0.25, 0.3) is 5.56 Å². The lowest BCUT2D eigenvalue weighted by Crippen LogP contribution is -2.26. The zero-order valence-electron chi connectivity index (χ0n) is 8.51. The lowest BCUT2D eigenvalue weighted by molar-refractivity contribution is 0.544. The number of aromatic amines is 1. The van der Waals surface area contributed by atoms with Gasteiger partial charge in [0.1, 0.15) is 11.5 Å². The first kappa shape index (κ1) is 10.5. The standard InChI is InChI=1S/C8H15N5O/c1-8(2,3)7-11-5(13-10)4(9)6(14)12-7/h9-10H2,1-3H3,(H2,11,12,13,14). The highest BCUT2D eigenvalue weighted by atomic mass is 16.1. The third-order valence-corrected chi connectivity index (χ3v) is 1.80. The van der Waals surface area contributed by atoms with E-state index in [1.165, 1.54) is 0 Å². The molecule has 1 heterocycles. The van der Waals surface area contributed by atoms with Crippen LogP contribution in [-0.4, -0.2) is 9.97 Å². The van der Waals surface area contributed by atoms with Crippen molar-refractivity contribution in [3.63, 3.8) is 0 Å². The molecule has 14 heavy (non-hydrogen) atoms. The highest BCUT2D eigenvalue weighted by molar-refractivity contribution is 5.58. The fraction of sp³-hybridized carbons (Fsp3) is 0.500. The molecule has 0 aliphatic heterocycles. The zero-order chi connectivity index (χ0) is 10.9. The Labute approximate surface area is 81.7 Å². The van der Waals surface area contributed by atoms with Crippen LogP contribution in [0.3, 0.4) is 0 Å². The van der Waals surface area contributed by atoms with Gasteiger partial charge >= 0.3 is 0 Å². The predicted octanol–water partition coefficient (Wildman–Crippen LogP) is -0.0648. The fourth-order valence-corrected chi connectivity index (χ4v) is 0.948. The average molecular weight is 197 g/mol. The number of nitrogens with two attached hydrogens (primary N) is 2. The second-order valence-electron chi connectivity index (χ2n) is 4.07. The number of rotatable bonds is 1. The Bertz CT molecular complexity index is 390. The third-order valence-electron chi connectivity index (χ3n) is 1.80. The number of nitrogens with zero attached hydrogens (tertiary/aromatic N) is 1. The number of hydrogen-bond donors (Lipinski definition) is 4. The first-order chi connectivity index (χ1) is 6.36. The summed E-state index contributed by atoms with van der Waals surface area (Å²) in [5.41, 5.74) is 7.12. The van der Waals surface area contributed by atoms with Crippen LogP contribution in [0.15, 0.2) is 4.79 Å². The molecule has 6 nitrogen and oxygen atoms in total. The third kappa shape index (κ3) is 1.85. The molecule has 0 radical (unpaired) electrons. The number of H-pyrrole nitrogens is 1. The lowest BCUT2D eigenvalue weighted by Gasteiger charge is -2.18. The number of hydrogen-bond acceptors (Lipinski definition) is 5. The van der Waals surface area contributed by atoms with Crippen molar-refractivity contribution in [3.05, 3.63) is 16.2 Å². The Morgan fingerprint density at radius 2 is 2.00 bits per heavy atom. The molecule has 1 aromatic heterocycles. The van der Waals surface area contributed by atoms with Crippen LogP contribution in [-0.2, 0) is 5.41 Å². The topological polar surface area (TPSA) is 110 Å². The summed E-state index contributed by atoms with van der Waals surface area (Å²) in [5, 5.41) is 0. The van der Waals surface area contributed by atoms with Crippen LogP contribution in [0, 0.1) is 0 Å². The molecular formula is C8H15N5O. The summed E-state index contributed by atoms with van der Waals surface area (Å²) < 4.78 is 0. The molecule has 0 spiro atoms. The summed E-state index contributed by atoms with van der Waals surface area (Å²) in [4.78, 5) is 18.1. The van der Waals surface area contributed by atoms with Crippen molar-refractivity contribution >= 4 is 11.5 Å². The Balaban J connectivity index is 3.38. The molecule has 6 heteroatoms. The van der Waals surface area contributed by atoms with Crippen molar-refractivity contribution in [2.24, 2.45) is 5.84 Å². The normalized spacial score (nSPS) is 11.4. The molecule has 0 atom stereocenters. The van der Waals surface area contributed by atoms with Crippen LogP contribution < -0.4 is 22.6 Å². The van der Waals surface area contributed by atoms with Gasteiger partial charge in [0.05, 0.1) is 0 Å². The molecule has 0 aliphatic rings. The van der Waals surface area contributed by atoms with Gasteiger partial charge in [0.2, 0.25) is 0 Å². The molecule has 0 saturated heterocycles. The van der Waals surface area contributed by atoms with Crippen LogP contribution in [0.5, 0.6) is 0 Å². The Kier molecular flexibility index (Phi) is 2.48. The van der Waals surface area contributed by atoms with Gasteiger partial charge < -0.3 is 16.1 Å². The summed E-state index contributed by atoms with van der Waals surface area (Å²) >= 11 is 0. The summed E-state index contributed by atoms with van der Waals surface area (Å²) in [6.07, 6.45) is 0. The monoisotopic (exact) mass is 197 g/mol. The molecule has 0 fully saturated rings. The fourth-order valence-electron chi connectivity index (χ4n) is 0.948. The van der Waals surface area contributed by atoms with Crippen molar-refractivity contribution in [2.75, 3.05) is 11.2 Å². The van der Waals surface area contributed by atoms with Crippen molar-refractivity contribution in [1.82, 2.24) is 9.97 Å². The lowest BCUT2D eigenvalue weighted by atomic mass is 9.96. The van der Waals surface area contributed by atoms with Crippen LogP contribution in [0.4, 0.5) is 11.5 Å². The number of hydrazine groups is 1. The quantitative estimate of drug-likeness (QED) is 0.372. The largest absolute Gasteiger partial charge is 0.391 e. The smallest absolute Gasteiger partial charge is 0.276 e. The van der Waals surface area contributed by atoms with Crippen LogP contribution in [0.2, 0.25) is 0 Å². The molecular weight excluding hydrogens is 182 g/mol. The maximum absolute atomic E-state index is 11.4. The molecule has 0 amide bonds. The van der Waals surface area contributed by atoms with Crippen molar-refractivity contribution in [2.45, 2.75) is 26.2 Å². The maximum atomic E-state index is 11.4. The van der Waals surface area contributed by atoms with E-state index in [1.54, 1.807) is 0 Å². The van der Waals surface area contributed by atoms with E-state index in [4.69, 9.17) is 11.6 Å². The van der Waals surface area contributed by atoms with Gasteiger partial charge in [-0.15, -0.1) is 0 Å². The molecule has 78 valence electrons. The van der Waals surface area contributed by atoms with Gasteiger partial charge in [-0.05, 0) is 0 Å². The summed E-state index contributed by atoms with van der Waals surface area (Å²) in [6.45, 7) is 5.80. The summed E-state index contributed by atoms with van der Waals surface area (Å²) in [7, 11) is 0. The molecule has 0 aromatic carbocycles. The van der Waals surface area contributed by atoms with E-state index >= 15 is 0 Å². The minimum atomic E-state index is -0.377. The van der Waals surface area contributed by atoms with E-state index in [9.17, 15) is 4.79 Å². The number of aromatic nitrogens is 2. The maximum Gasteiger partial charge on any atom is 0.276 e. The first-order valence-electron chi connectivity index (χ1n) is 4.23. The van der Waals surface area contributed by atoms with Gasteiger partial charge in [0.15, 0.2) is 5.82 Å². The molecule has 0 aliphatic carbocycles. The van der Waals surface area contributed by atoms with Crippen molar-refractivity contribution in [3.8, 4) is 0 Å². The molecule has 0 bridgehead atoms. The van der Waals surface area contributed by atoms with Crippen LogP contribution in [0.1, 0.15) is 26.6 Å². The Morgan fingerprint density at radius 3 is 2.43 bits per heavy atom. The number of anilines is 2. The van der Waals surface area contributed by atoms with E-state index in [2.05, 4.69) is 15.4 Å². The zero-order valence-corrected chi connectivity index (χ0v) is 8.51. The SMILES string of the molecule is CC(C)(C)c1nc(NN)c(N)c(=O)[nH]1. The second kappa shape index (κ2) is 3.30. The van der Waals surface area contributed by atoms with E-state index < -0.39 is 0 Å². The molecule has 1 rings (SSSR count). The highest BCUT2D eigenvalue weighted by Gasteiger charge is 2.19. The van der Waals surface area contributed by atoms with E-state index in [1.807, 2.05) is 20.8 Å². The van der Waals surface area contributed by atoms with Crippen molar-refractivity contribution in [1.29, 1.82) is 0 Å². The molecule has 1 aromatic rings. The van der Waals surface area contributed by atoms with Gasteiger partial charge in [-0.1, -0.05) is 20.8 Å². The Hall–Kier alpha value is -1.56. The van der Waals surface area contributed by atoms with Gasteiger partial charge in [-0.2, -0.15) is 0 Å². The Morgan fingerprint density at radius 1 is 1.43 bits per heavy atom. The highest BCUT2D eigenvalue weighted by Crippen LogP contribution is 2.19. The van der Waals surface area contributed by atoms with Gasteiger partial charge in [-0.3, -0.25) is 4.79 Å². The van der Waals surface area contributed by atoms with Crippen LogP contribution >= 0.6 is 0 Å². The average Bonchev–Trinajstić information content (AvgIpc) is 2.07. The van der Waals surface area contributed by atoms with Crippen LogP contribution in [0.25, 0.3) is 0 Å². The minimum Gasteiger partial charge on any atom is -0.391 e. The molecule has 6 N–H and O–H groups in total. The predicted molar refractivity (Wildman–Crippen MR) is 55.8 cm³/mol. The van der Waals surface area contributed by atoms with Gasteiger partial charge in [0, 0.05) is 5.41 Å². The van der Waals surface area contributed by atoms with E-state index in [-0.39, 0.29) is 22.5 Å². The van der Waals surface area contributed by atoms with Gasteiger partial charge in [-0.25, -0.2) is 10.8 Å². The minimum absolute atomic E-state index is 0.000463. The van der Waals surface area contributed by atoms with Crippen molar-refractivity contribution < 1.29 is 0 Å². The van der Waals surface area contributed by atoms with E-state index in [0.717, 1.165) is 0 Å². The number of nitrogens with one attached hydrogen (secondary N) is 2. The molecule has 0 unspecified atom stereocenters. The number of nitrogen functional groups attached to an aromatic ring is 2. The molecule has 0 saturated carbocycles. The summed E-state index contributed by atoms with van der Waals surface area (Å²) in [6, 6.07) is 0. The summed E-state index contributed by atoms with van der Waals surface area (Å²) in [5.74, 6) is 5.94. The van der Waals surface area contributed by atoms with E-state index in [0.29, 0.717) is 5.82 Å².